The molecular formula is C12H18N2O. The molecule has 82 valence electrons. The van der Waals surface area contributed by atoms with Crippen molar-refractivity contribution in [3.8, 4) is 5.75 Å². The van der Waals surface area contributed by atoms with Crippen molar-refractivity contribution in [2.75, 3.05) is 13.7 Å². The second-order valence-electron chi connectivity index (χ2n) is 3.88. The molecular weight excluding hydrogens is 188 g/mol. The standard InChI is InChI=1S/C12H18N2O/c1-3-9-12(10-5-4-7-13-10)11(15-2)6-8-14-9/h6,8,10,13H,3-5,7H2,1-2H3. The van der Waals surface area contributed by atoms with Gasteiger partial charge in [0.05, 0.1) is 7.11 Å². The number of rotatable bonds is 3. The fourth-order valence-electron chi connectivity index (χ4n) is 2.26. The van der Waals surface area contributed by atoms with Crippen molar-refractivity contribution in [1.29, 1.82) is 0 Å². The first-order valence-electron chi connectivity index (χ1n) is 5.62. The number of aromatic nitrogens is 1. The minimum atomic E-state index is 0.434. The predicted octanol–water partition coefficient (Wildman–Crippen LogP) is 2.08. The second-order valence-corrected chi connectivity index (χ2v) is 3.88. The SMILES string of the molecule is CCc1nccc(OC)c1C1CCCN1. The van der Waals surface area contributed by atoms with E-state index < -0.39 is 0 Å². The molecule has 0 bridgehead atoms. The van der Waals surface area contributed by atoms with Gasteiger partial charge >= 0.3 is 0 Å². The van der Waals surface area contributed by atoms with E-state index in [0.717, 1.165) is 24.4 Å². The Kier molecular flexibility index (Phi) is 3.21. The summed E-state index contributed by atoms with van der Waals surface area (Å²) < 4.78 is 5.42. The molecule has 1 saturated heterocycles. The predicted molar refractivity (Wildman–Crippen MR) is 60.1 cm³/mol. The monoisotopic (exact) mass is 206 g/mol. The highest BCUT2D eigenvalue weighted by molar-refractivity contribution is 5.39. The minimum Gasteiger partial charge on any atom is -0.496 e. The van der Waals surface area contributed by atoms with Crippen LogP contribution in [0, 0.1) is 0 Å². The summed E-state index contributed by atoms with van der Waals surface area (Å²) in [7, 11) is 1.73. The topological polar surface area (TPSA) is 34.1 Å². The molecule has 0 saturated carbocycles. The van der Waals surface area contributed by atoms with Crippen LogP contribution in [0.3, 0.4) is 0 Å². The van der Waals surface area contributed by atoms with Gasteiger partial charge in [-0.15, -0.1) is 0 Å². The molecule has 1 aliphatic heterocycles. The molecule has 1 aromatic heterocycles. The third-order valence-electron chi connectivity index (χ3n) is 3.00. The van der Waals surface area contributed by atoms with Crippen LogP contribution in [0.5, 0.6) is 5.75 Å². The number of ether oxygens (including phenoxy) is 1. The highest BCUT2D eigenvalue weighted by Gasteiger charge is 2.22. The molecule has 1 N–H and O–H groups in total. The van der Waals surface area contributed by atoms with Crippen LogP contribution in [0.25, 0.3) is 0 Å². The lowest BCUT2D eigenvalue weighted by Crippen LogP contribution is -2.16. The Morgan fingerprint density at radius 1 is 1.60 bits per heavy atom. The van der Waals surface area contributed by atoms with Crippen molar-refractivity contribution >= 4 is 0 Å². The lowest BCUT2D eigenvalue weighted by Gasteiger charge is -2.17. The van der Waals surface area contributed by atoms with Crippen LogP contribution in [0.4, 0.5) is 0 Å². The van der Waals surface area contributed by atoms with Crippen LogP contribution in [0.15, 0.2) is 12.3 Å². The number of nitrogens with one attached hydrogen (secondary N) is 1. The smallest absolute Gasteiger partial charge is 0.126 e. The van der Waals surface area contributed by atoms with Gasteiger partial charge in [0.15, 0.2) is 0 Å². The maximum Gasteiger partial charge on any atom is 0.126 e. The van der Waals surface area contributed by atoms with Crippen molar-refractivity contribution in [2.45, 2.75) is 32.2 Å². The Hall–Kier alpha value is -1.09. The summed E-state index contributed by atoms with van der Waals surface area (Å²) in [5.74, 6) is 0.973. The van der Waals surface area contributed by atoms with E-state index in [1.54, 1.807) is 7.11 Å². The largest absolute Gasteiger partial charge is 0.496 e. The quantitative estimate of drug-likeness (QED) is 0.822. The van der Waals surface area contributed by atoms with Crippen LogP contribution < -0.4 is 10.1 Å². The molecule has 1 aromatic rings. The van der Waals surface area contributed by atoms with Crippen molar-refractivity contribution < 1.29 is 4.74 Å². The first-order chi connectivity index (χ1) is 7.36. The van der Waals surface area contributed by atoms with E-state index in [4.69, 9.17) is 4.74 Å². The van der Waals surface area contributed by atoms with Gasteiger partial charge in [-0.3, -0.25) is 4.98 Å². The number of pyridine rings is 1. The lowest BCUT2D eigenvalue weighted by atomic mass is 10.0. The van der Waals surface area contributed by atoms with Gasteiger partial charge in [0.1, 0.15) is 5.75 Å². The second kappa shape index (κ2) is 4.62. The summed E-state index contributed by atoms with van der Waals surface area (Å²) in [5.41, 5.74) is 2.42. The van der Waals surface area contributed by atoms with Crippen molar-refractivity contribution in [2.24, 2.45) is 0 Å². The third kappa shape index (κ3) is 1.97. The normalized spacial score (nSPS) is 20.5. The minimum absolute atomic E-state index is 0.434. The highest BCUT2D eigenvalue weighted by atomic mass is 16.5. The molecule has 3 heteroatoms. The zero-order chi connectivity index (χ0) is 10.7. The van der Waals surface area contributed by atoms with Gasteiger partial charge < -0.3 is 10.1 Å². The summed E-state index contributed by atoms with van der Waals surface area (Å²) in [6.45, 7) is 3.24. The molecule has 0 radical (unpaired) electrons. The van der Waals surface area contributed by atoms with Crippen LogP contribution in [0.2, 0.25) is 0 Å². The molecule has 0 spiro atoms. The van der Waals surface area contributed by atoms with Crippen molar-refractivity contribution in [3.63, 3.8) is 0 Å². The number of aryl methyl sites for hydroxylation is 1. The van der Waals surface area contributed by atoms with Gasteiger partial charge in [-0.05, 0) is 31.9 Å². The molecule has 0 aliphatic carbocycles. The van der Waals surface area contributed by atoms with Gasteiger partial charge in [0.2, 0.25) is 0 Å². The lowest BCUT2D eigenvalue weighted by molar-refractivity contribution is 0.401. The van der Waals surface area contributed by atoms with Crippen LogP contribution >= 0.6 is 0 Å². The molecule has 15 heavy (non-hydrogen) atoms. The summed E-state index contributed by atoms with van der Waals surface area (Å²) in [5, 5.41) is 3.50. The van der Waals surface area contributed by atoms with Gasteiger partial charge in [0, 0.05) is 23.5 Å². The Labute approximate surface area is 90.9 Å². The molecule has 1 fully saturated rings. The zero-order valence-electron chi connectivity index (χ0n) is 9.42. The summed E-state index contributed by atoms with van der Waals surface area (Å²) >= 11 is 0. The fourth-order valence-corrected chi connectivity index (χ4v) is 2.26. The Morgan fingerprint density at radius 3 is 3.07 bits per heavy atom. The molecule has 1 atom stereocenters. The molecule has 0 aromatic carbocycles. The maximum atomic E-state index is 5.42. The highest BCUT2D eigenvalue weighted by Crippen LogP contribution is 2.32. The molecule has 2 rings (SSSR count). The summed E-state index contributed by atoms with van der Waals surface area (Å²) in [4.78, 5) is 4.43. The van der Waals surface area contributed by atoms with Gasteiger partial charge in [-0.1, -0.05) is 6.92 Å². The number of methoxy groups -OCH3 is 1. The van der Waals surface area contributed by atoms with Gasteiger partial charge in [-0.2, -0.15) is 0 Å². The average Bonchev–Trinajstić information content (AvgIpc) is 2.81. The van der Waals surface area contributed by atoms with Crippen LogP contribution in [-0.2, 0) is 6.42 Å². The van der Waals surface area contributed by atoms with Crippen LogP contribution in [-0.4, -0.2) is 18.6 Å². The van der Waals surface area contributed by atoms with E-state index in [0.29, 0.717) is 6.04 Å². The Bertz CT molecular complexity index is 310. The van der Waals surface area contributed by atoms with Crippen molar-refractivity contribution in [1.82, 2.24) is 10.3 Å². The zero-order valence-corrected chi connectivity index (χ0v) is 9.42. The molecule has 1 unspecified atom stereocenters. The van der Waals surface area contributed by atoms with Crippen LogP contribution in [0.1, 0.15) is 37.1 Å². The first kappa shape index (κ1) is 10.4. The van der Waals surface area contributed by atoms with E-state index in [1.807, 2.05) is 12.3 Å². The van der Waals surface area contributed by atoms with E-state index in [2.05, 4.69) is 17.2 Å². The van der Waals surface area contributed by atoms with E-state index in [1.165, 1.54) is 18.4 Å². The average molecular weight is 206 g/mol. The van der Waals surface area contributed by atoms with Gasteiger partial charge in [-0.25, -0.2) is 0 Å². The Morgan fingerprint density at radius 2 is 2.47 bits per heavy atom. The van der Waals surface area contributed by atoms with E-state index >= 15 is 0 Å². The van der Waals surface area contributed by atoms with Crippen molar-refractivity contribution in [3.05, 3.63) is 23.5 Å². The molecule has 3 nitrogen and oxygen atoms in total. The number of hydrogen-bond acceptors (Lipinski definition) is 3. The summed E-state index contributed by atoms with van der Waals surface area (Å²) in [6.07, 6.45) is 5.22. The summed E-state index contributed by atoms with van der Waals surface area (Å²) in [6, 6.07) is 2.39. The van der Waals surface area contributed by atoms with E-state index in [-0.39, 0.29) is 0 Å². The Balaban J connectivity index is 2.39. The maximum absolute atomic E-state index is 5.42. The molecule has 0 amide bonds. The third-order valence-corrected chi connectivity index (χ3v) is 3.00. The fraction of sp³-hybridized carbons (Fsp3) is 0.583. The number of nitrogens with zero attached hydrogens (tertiary/aromatic N) is 1. The first-order valence-corrected chi connectivity index (χ1v) is 5.62. The van der Waals surface area contributed by atoms with E-state index in [9.17, 15) is 0 Å². The van der Waals surface area contributed by atoms with Gasteiger partial charge in [0.25, 0.3) is 0 Å². The number of hydrogen-bond donors (Lipinski definition) is 1. The molecule has 1 aliphatic rings. The molecule has 2 heterocycles.